The number of aryl methyl sites for hydroxylation is 1. The molecule has 0 saturated carbocycles. The summed E-state index contributed by atoms with van der Waals surface area (Å²) in [6.07, 6.45) is 0. The van der Waals surface area contributed by atoms with Crippen molar-refractivity contribution in [2.24, 2.45) is 0 Å². The first-order valence-electron chi connectivity index (χ1n) is 6.01. The predicted molar refractivity (Wildman–Crippen MR) is 74.2 cm³/mol. The van der Waals surface area contributed by atoms with E-state index in [-0.39, 0.29) is 12.6 Å². The lowest BCUT2D eigenvalue weighted by Crippen LogP contribution is -2.09. The number of benzene rings is 1. The van der Waals surface area contributed by atoms with Crippen LogP contribution in [-0.2, 0) is 16.1 Å². The second-order valence-corrected chi connectivity index (χ2v) is 4.15. The molecule has 1 heterocycles. The molecule has 0 aliphatic heterocycles. The average Bonchev–Trinajstić information content (AvgIpc) is 2.38. The van der Waals surface area contributed by atoms with Gasteiger partial charge < -0.3 is 15.8 Å². The first-order chi connectivity index (χ1) is 9.54. The van der Waals surface area contributed by atoms with E-state index in [1.54, 1.807) is 0 Å². The number of carbonyl (C=O) groups is 1. The van der Waals surface area contributed by atoms with E-state index in [9.17, 15) is 4.79 Å². The normalized spacial score (nSPS) is 10.1. The molecule has 2 rings (SSSR count). The summed E-state index contributed by atoms with van der Waals surface area (Å²) >= 11 is 0. The van der Waals surface area contributed by atoms with Crippen LogP contribution in [0, 0.1) is 6.92 Å². The minimum atomic E-state index is -0.405. The highest BCUT2D eigenvalue weighted by Gasteiger charge is 2.07. The topological polar surface area (TPSA) is 103 Å². The number of nitrogens with one attached hydrogen (secondary N) is 1. The van der Waals surface area contributed by atoms with Crippen molar-refractivity contribution in [3.05, 3.63) is 35.7 Å². The lowest BCUT2D eigenvalue weighted by molar-refractivity contribution is -0.142. The molecular formula is C13H15N5O2. The summed E-state index contributed by atoms with van der Waals surface area (Å²) in [4.78, 5) is 22.8. The SMILES string of the molecule is CC(=O)OCc1nc(N)nc(Nc2ccccc2C)n1. The second-order valence-electron chi connectivity index (χ2n) is 4.15. The quantitative estimate of drug-likeness (QED) is 0.815. The Bertz CT molecular complexity index is 630. The van der Waals surface area contributed by atoms with E-state index < -0.39 is 5.97 Å². The zero-order chi connectivity index (χ0) is 14.5. The Labute approximate surface area is 116 Å². The summed E-state index contributed by atoms with van der Waals surface area (Å²) < 4.78 is 4.84. The van der Waals surface area contributed by atoms with Crippen molar-refractivity contribution in [1.29, 1.82) is 0 Å². The van der Waals surface area contributed by atoms with Gasteiger partial charge in [0.1, 0.15) is 0 Å². The molecule has 7 nitrogen and oxygen atoms in total. The number of aromatic nitrogens is 3. The molecular weight excluding hydrogens is 258 g/mol. The van der Waals surface area contributed by atoms with E-state index >= 15 is 0 Å². The third kappa shape index (κ3) is 3.64. The van der Waals surface area contributed by atoms with Crippen LogP contribution in [0.15, 0.2) is 24.3 Å². The monoisotopic (exact) mass is 273 g/mol. The molecule has 1 aromatic heterocycles. The van der Waals surface area contributed by atoms with E-state index in [1.165, 1.54) is 6.92 Å². The van der Waals surface area contributed by atoms with Crippen LogP contribution in [-0.4, -0.2) is 20.9 Å². The highest BCUT2D eigenvalue weighted by molar-refractivity contribution is 5.65. The number of nitrogens with zero attached hydrogens (tertiary/aromatic N) is 3. The number of anilines is 3. The number of ether oxygens (including phenoxy) is 1. The molecule has 0 radical (unpaired) electrons. The van der Waals surface area contributed by atoms with Gasteiger partial charge in [0, 0.05) is 12.6 Å². The van der Waals surface area contributed by atoms with Crippen molar-refractivity contribution in [2.75, 3.05) is 11.1 Å². The van der Waals surface area contributed by atoms with Crippen molar-refractivity contribution >= 4 is 23.6 Å². The van der Waals surface area contributed by atoms with Crippen molar-refractivity contribution in [3.8, 4) is 0 Å². The number of hydrogen-bond donors (Lipinski definition) is 2. The van der Waals surface area contributed by atoms with Crippen molar-refractivity contribution in [1.82, 2.24) is 15.0 Å². The van der Waals surface area contributed by atoms with Gasteiger partial charge in [-0.15, -0.1) is 0 Å². The molecule has 7 heteroatoms. The molecule has 0 unspecified atom stereocenters. The first-order valence-corrected chi connectivity index (χ1v) is 6.01. The van der Waals surface area contributed by atoms with Crippen LogP contribution < -0.4 is 11.1 Å². The van der Waals surface area contributed by atoms with Crippen LogP contribution in [0.5, 0.6) is 0 Å². The lowest BCUT2D eigenvalue weighted by atomic mass is 10.2. The van der Waals surface area contributed by atoms with Gasteiger partial charge >= 0.3 is 5.97 Å². The molecule has 0 atom stereocenters. The van der Waals surface area contributed by atoms with E-state index in [0.29, 0.717) is 11.8 Å². The van der Waals surface area contributed by atoms with Crippen LogP contribution in [0.4, 0.5) is 17.6 Å². The third-order valence-corrected chi connectivity index (χ3v) is 2.50. The van der Waals surface area contributed by atoms with Crippen LogP contribution >= 0.6 is 0 Å². The third-order valence-electron chi connectivity index (χ3n) is 2.50. The Morgan fingerprint density at radius 2 is 2.05 bits per heavy atom. The minimum Gasteiger partial charge on any atom is -0.458 e. The molecule has 1 aromatic carbocycles. The number of para-hydroxylation sites is 1. The van der Waals surface area contributed by atoms with E-state index in [0.717, 1.165) is 11.3 Å². The molecule has 0 spiro atoms. The van der Waals surface area contributed by atoms with Gasteiger partial charge in [0.25, 0.3) is 0 Å². The van der Waals surface area contributed by atoms with Gasteiger partial charge in [-0.25, -0.2) is 0 Å². The second kappa shape index (κ2) is 5.96. The zero-order valence-electron chi connectivity index (χ0n) is 11.3. The predicted octanol–water partition coefficient (Wildman–Crippen LogP) is 1.57. The van der Waals surface area contributed by atoms with E-state index in [1.807, 2.05) is 31.2 Å². The first kappa shape index (κ1) is 13.7. The maximum Gasteiger partial charge on any atom is 0.303 e. The van der Waals surface area contributed by atoms with Gasteiger partial charge in [-0.3, -0.25) is 4.79 Å². The van der Waals surface area contributed by atoms with Crippen molar-refractivity contribution in [2.45, 2.75) is 20.5 Å². The maximum absolute atomic E-state index is 10.8. The summed E-state index contributed by atoms with van der Waals surface area (Å²) in [6.45, 7) is 3.24. The van der Waals surface area contributed by atoms with Gasteiger partial charge in [0.05, 0.1) is 0 Å². The van der Waals surface area contributed by atoms with E-state index in [4.69, 9.17) is 10.5 Å². The molecule has 2 aromatic rings. The fourth-order valence-corrected chi connectivity index (χ4v) is 1.56. The molecule has 0 aliphatic carbocycles. The molecule has 3 N–H and O–H groups in total. The maximum atomic E-state index is 10.8. The Morgan fingerprint density at radius 3 is 2.75 bits per heavy atom. The summed E-state index contributed by atoms with van der Waals surface area (Å²) in [5.74, 6) is 0.272. The van der Waals surface area contributed by atoms with Crippen molar-refractivity contribution < 1.29 is 9.53 Å². The number of esters is 1. The average molecular weight is 273 g/mol. The Balaban J connectivity index is 2.19. The van der Waals surface area contributed by atoms with Gasteiger partial charge in [-0.2, -0.15) is 15.0 Å². The Hall–Kier alpha value is -2.70. The van der Waals surface area contributed by atoms with Crippen LogP contribution in [0.1, 0.15) is 18.3 Å². The van der Waals surface area contributed by atoms with Gasteiger partial charge in [0.15, 0.2) is 12.4 Å². The molecule has 0 fully saturated rings. The van der Waals surface area contributed by atoms with Crippen molar-refractivity contribution in [3.63, 3.8) is 0 Å². The van der Waals surface area contributed by atoms with Gasteiger partial charge in [-0.1, -0.05) is 18.2 Å². The smallest absolute Gasteiger partial charge is 0.303 e. The number of hydrogen-bond acceptors (Lipinski definition) is 7. The summed E-state index contributed by atoms with van der Waals surface area (Å²) in [7, 11) is 0. The molecule has 20 heavy (non-hydrogen) atoms. The van der Waals surface area contributed by atoms with E-state index in [2.05, 4.69) is 20.3 Å². The molecule has 0 amide bonds. The number of rotatable bonds is 4. The summed E-state index contributed by atoms with van der Waals surface area (Å²) in [5, 5.41) is 3.06. The Morgan fingerprint density at radius 1 is 1.30 bits per heavy atom. The molecule has 0 bridgehead atoms. The summed E-state index contributed by atoms with van der Waals surface area (Å²) in [6, 6.07) is 7.71. The number of nitrogen functional groups attached to an aromatic ring is 1. The zero-order valence-corrected chi connectivity index (χ0v) is 11.3. The molecule has 104 valence electrons. The minimum absolute atomic E-state index is 0.0372. The van der Waals surface area contributed by atoms with Crippen LogP contribution in [0.2, 0.25) is 0 Å². The summed E-state index contributed by atoms with van der Waals surface area (Å²) in [5.41, 5.74) is 7.54. The fourth-order valence-electron chi connectivity index (χ4n) is 1.56. The van der Waals surface area contributed by atoms with Crippen LogP contribution in [0.3, 0.4) is 0 Å². The number of nitrogens with two attached hydrogens (primary N) is 1. The van der Waals surface area contributed by atoms with Gasteiger partial charge in [-0.05, 0) is 18.6 Å². The lowest BCUT2D eigenvalue weighted by Gasteiger charge is -2.09. The van der Waals surface area contributed by atoms with Crippen LogP contribution in [0.25, 0.3) is 0 Å². The Kier molecular flexibility index (Phi) is 4.09. The largest absolute Gasteiger partial charge is 0.458 e. The standard InChI is InChI=1S/C13H15N5O2/c1-8-5-3-4-6-10(8)15-13-17-11(7-20-9(2)19)16-12(14)18-13/h3-6H,7H2,1-2H3,(H3,14,15,16,17,18). The molecule has 0 saturated heterocycles. The molecule has 0 aliphatic rings. The number of carbonyl (C=O) groups excluding carboxylic acids is 1. The fraction of sp³-hybridized carbons (Fsp3) is 0.231. The highest BCUT2D eigenvalue weighted by atomic mass is 16.5. The van der Waals surface area contributed by atoms with Gasteiger partial charge in [0.2, 0.25) is 11.9 Å². The highest BCUT2D eigenvalue weighted by Crippen LogP contribution is 2.17.